The van der Waals surface area contributed by atoms with E-state index >= 15 is 0 Å². The van der Waals surface area contributed by atoms with Gasteiger partial charge in [0.1, 0.15) is 0 Å². The number of carbonyl (C=O) groups excluding carboxylic acids is 1. The van der Waals surface area contributed by atoms with Crippen LogP contribution in [0.15, 0.2) is 16.6 Å². The van der Waals surface area contributed by atoms with Crippen LogP contribution in [-0.2, 0) is 0 Å². The van der Waals surface area contributed by atoms with E-state index in [9.17, 15) is 9.18 Å². The Morgan fingerprint density at radius 2 is 2.00 bits per heavy atom. The zero-order valence-electron chi connectivity index (χ0n) is 8.71. The zero-order valence-corrected chi connectivity index (χ0v) is 12.3. The predicted octanol–water partition coefficient (Wildman–Crippen LogP) is -1.61. The number of methoxy groups -OCH3 is 1. The van der Waals surface area contributed by atoms with E-state index in [4.69, 9.17) is 9.84 Å². The predicted molar refractivity (Wildman–Crippen MR) is 52.0 cm³/mol. The van der Waals surface area contributed by atoms with Gasteiger partial charge in [-0.3, -0.25) is 4.79 Å². The van der Waals surface area contributed by atoms with Gasteiger partial charge in [-0.15, -0.1) is 0 Å². The normalized spacial score (nSPS) is 8.07. The summed E-state index contributed by atoms with van der Waals surface area (Å²) in [5.41, 5.74) is 0.207. The largest absolute Gasteiger partial charge is 1.00 e. The van der Waals surface area contributed by atoms with Crippen molar-refractivity contribution >= 4 is 22.2 Å². The molecule has 0 aliphatic rings. The van der Waals surface area contributed by atoms with Gasteiger partial charge in [0.2, 0.25) is 0 Å². The first-order chi connectivity index (χ1) is 6.70. The fourth-order valence-corrected chi connectivity index (χ4v) is 1.16. The maximum absolute atomic E-state index is 13.1. The Balaban J connectivity index is 0. The number of hydrogen-bond acceptors (Lipinski definition) is 3. The number of carbonyl (C=O) groups is 1. The van der Waals surface area contributed by atoms with Crippen LogP contribution >= 0.6 is 15.9 Å². The molecular weight excluding hydrogens is 278 g/mol. The maximum Gasteiger partial charge on any atom is 1.00 e. The molecule has 0 unspecified atom stereocenters. The van der Waals surface area contributed by atoms with E-state index < -0.39 is 5.82 Å². The minimum Gasteiger partial charge on any atom is -0.857 e. The van der Waals surface area contributed by atoms with Gasteiger partial charge >= 0.3 is 29.6 Å². The van der Waals surface area contributed by atoms with Gasteiger partial charge in [-0.25, -0.2) is 4.39 Å². The van der Waals surface area contributed by atoms with E-state index in [1.54, 1.807) is 0 Å². The zero-order chi connectivity index (χ0) is 11.1. The molecule has 0 fully saturated rings. The van der Waals surface area contributed by atoms with E-state index in [0.717, 1.165) is 7.11 Å². The van der Waals surface area contributed by atoms with Crippen LogP contribution < -0.4 is 39.4 Å². The molecule has 0 heterocycles. The Labute approximate surface area is 118 Å². The van der Waals surface area contributed by atoms with Crippen molar-refractivity contribution in [2.24, 2.45) is 0 Å². The van der Waals surface area contributed by atoms with Gasteiger partial charge in [-0.05, 0) is 28.1 Å². The average molecular weight is 287 g/mol. The molecule has 0 aliphatic carbocycles. The molecule has 0 aromatic heterocycles. The Hall–Kier alpha value is 0.0600. The summed E-state index contributed by atoms with van der Waals surface area (Å²) in [5.74, 6) is -0.582. The molecule has 0 N–H and O–H groups in total. The van der Waals surface area contributed by atoms with Crippen molar-refractivity contribution in [2.75, 3.05) is 14.2 Å². The minimum absolute atomic E-state index is 0. The number of rotatable bonds is 2. The third kappa shape index (κ3) is 4.61. The first-order valence-electron chi connectivity index (χ1n) is 3.58. The molecule has 0 saturated heterocycles. The summed E-state index contributed by atoms with van der Waals surface area (Å²) in [6.07, 6.45) is 0.550. The van der Waals surface area contributed by atoms with Crippen LogP contribution in [0.3, 0.4) is 0 Å². The van der Waals surface area contributed by atoms with Crippen molar-refractivity contribution in [1.29, 1.82) is 0 Å². The van der Waals surface area contributed by atoms with Crippen molar-refractivity contribution in [3.05, 3.63) is 28.0 Å². The number of hydrogen-bond donors (Lipinski definition) is 0. The summed E-state index contributed by atoms with van der Waals surface area (Å²) in [6, 6.07) is 2.95. The molecule has 3 nitrogen and oxygen atoms in total. The first-order valence-corrected chi connectivity index (χ1v) is 4.38. The maximum atomic E-state index is 13.1. The van der Waals surface area contributed by atoms with E-state index in [1.165, 1.54) is 19.2 Å². The third-order valence-corrected chi connectivity index (χ3v) is 2.02. The van der Waals surface area contributed by atoms with Crippen LogP contribution in [0.5, 0.6) is 5.75 Å². The van der Waals surface area contributed by atoms with Gasteiger partial charge in [-0.1, -0.05) is 0 Å². The molecule has 1 aromatic carbocycles. The topological polar surface area (TPSA) is 49.4 Å². The van der Waals surface area contributed by atoms with Crippen LogP contribution in [0, 0.1) is 5.82 Å². The van der Waals surface area contributed by atoms with Gasteiger partial charge in [0.25, 0.3) is 0 Å². The summed E-state index contributed by atoms with van der Waals surface area (Å²) in [4.78, 5) is 10.4. The Bertz CT molecular complexity index is 320. The third-order valence-electron chi connectivity index (χ3n) is 1.41. The quantitative estimate of drug-likeness (QED) is 0.486. The van der Waals surface area contributed by atoms with E-state index in [-0.39, 0.29) is 45.3 Å². The molecule has 0 atom stereocenters. The van der Waals surface area contributed by atoms with Gasteiger partial charge in [-0.2, -0.15) is 7.11 Å². The van der Waals surface area contributed by atoms with Crippen molar-refractivity contribution in [3.63, 3.8) is 0 Å². The first kappa shape index (κ1) is 17.5. The molecule has 0 spiro atoms. The standard InChI is InChI=1S/C8H6BrFO2.CH3O.Na/c1-12-8-5(4-11)2-3-6(9)7(8)10;1-2;/h2-4H,1H3;1H3;/q;-1;+1. The van der Waals surface area contributed by atoms with Gasteiger partial charge in [0, 0.05) is 0 Å². The molecule has 1 rings (SSSR count). The fraction of sp³-hybridized carbons (Fsp3) is 0.222. The molecule has 0 aliphatic heterocycles. The van der Waals surface area contributed by atoms with Crippen molar-refractivity contribution in [1.82, 2.24) is 0 Å². The van der Waals surface area contributed by atoms with Crippen LogP contribution in [-0.4, -0.2) is 20.5 Å². The Morgan fingerprint density at radius 3 is 2.40 bits per heavy atom. The molecular formula is C9H9BrFNaO3. The van der Waals surface area contributed by atoms with Crippen molar-refractivity contribution in [2.45, 2.75) is 0 Å². The number of benzene rings is 1. The van der Waals surface area contributed by atoms with Gasteiger partial charge in [0.05, 0.1) is 17.1 Å². The number of halogens is 2. The van der Waals surface area contributed by atoms with Crippen molar-refractivity contribution in [3.8, 4) is 5.75 Å². The number of aldehydes is 1. The molecule has 0 bridgehead atoms. The second kappa shape index (κ2) is 9.30. The SMILES string of the molecule is COc1c(C=O)ccc(Br)c1F.C[O-].[Na+]. The Kier molecular flexibility index (Phi) is 10.8. The smallest absolute Gasteiger partial charge is 0.857 e. The van der Waals surface area contributed by atoms with Crippen molar-refractivity contribution < 1.29 is 48.6 Å². The molecule has 0 amide bonds. The van der Waals surface area contributed by atoms with Gasteiger partial charge in [0.15, 0.2) is 17.9 Å². The van der Waals surface area contributed by atoms with Crippen LogP contribution in [0.1, 0.15) is 10.4 Å². The summed E-state index contributed by atoms with van der Waals surface area (Å²) < 4.78 is 18.1. The van der Waals surface area contributed by atoms with E-state index in [2.05, 4.69) is 15.9 Å². The van der Waals surface area contributed by atoms with Crippen LogP contribution in [0.4, 0.5) is 4.39 Å². The van der Waals surface area contributed by atoms with Crippen LogP contribution in [0.2, 0.25) is 0 Å². The van der Waals surface area contributed by atoms with E-state index in [1.807, 2.05) is 0 Å². The van der Waals surface area contributed by atoms with Gasteiger partial charge < -0.3 is 9.84 Å². The summed E-state index contributed by atoms with van der Waals surface area (Å²) in [5, 5.41) is 8.25. The average Bonchev–Trinajstić information content (AvgIpc) is 2.24. The molecule has 6 heteroatoms. The number of ether oxygens (including phenoxy) is 1. The molecule has 0 saturated carbocycles. The minimum atomic E-state index is -0.554. The van der Waals surface area contributed by atoms with E-state index in [0.29, 0.717) is 6.29 Å². The second-order valence-corrected chi connectivity index (χ2v) is 2.96. The summed E-state index contributed by atoms with van der Waals surface area (Å²) >= 11 is 2.98. The second-order valence-electron chi connectivity index (χ2n) is 2.10. The fourth-order valence-electron chi connectivity index (χ4n) is 0.847. The molecule has 78 valence electrons. The molecule has 15 heavy (non-hydrogen) atoms. The molecule has 0 radical (unpaired) electrons. The monoisotopic (exact) mass is 286 g/mol. The summed E-state index contributed by atoms with van der Waals surface area (Å²) in [7, 11) is 2.07. The summed E-state index contributed by atoms with van der Waals surface area (Å²) in [6.45, 7) is 0. The molecule has 1 aromatic rings. The van der Waals surface area contributed by atoms with Crippen LogP contribution in [0.25, 0.3) is 0 Å². The Morgan fingerprint density at radius 1 is 1.47 bits per heavy atom.